The number of carbonyl (C=O) groups excluding carboxylic acids is 2. The number of aryl methyl sites for hydroxylation is 1. The van der Waals surface area contributed by atoms with Crippen molar-refractivity contribution in [2.24, 2.45) is 0 Å². The fourth-order valence-electron chi connectivity index (χ4n) is 2.55. The molecule has 0 atom stereocenters. The maximum absolute atomic E-state index is 12.7. The summed E-state index contributed by atoms with van der Waals surface area (Å²) in [5, 5.41) is 2.61. The molecule has 0 radical (unpaired) electrons. The van der Waals surface area contributed by atoms with Crippen LogP contribution in [0.2, 0.25) is 0 Å². The van der Waals surface area contributed by atoms with E-state index in [2.05, 4.69) is 5.32 Å². The second-order valence-electron chi connectivity index (χ2n) is 5.85. The van der Waals surface area contributed by atoms with Crippen LogP contribution in [0.3, 0.4) is 0 Å². The van der Waals surface area contributed by atoms with Gasteiger partial charge in [0.25, 0.3) is 11.8 Å². The van der Waals surface area contributed by atoms with Crippen molar-refractivity contribution in [3.63, 3.8) is 0 Å². The standard InChI is InChI=1S/C18H20N2O2S/c1-12-3-10-16(23-12)18(22)20(15-8-9-15)11-13-4-6-14(7-5-13)17(21)19-2/h3-7,10,15H,8-9,11H2,1-2H3,(H,19,21). The summed E-state index contributed by atoms with van der Waals surface area (Å²) >= 11 is 1.55. The lowest BCUT2D eigenvalue weighted by atomic mass is 10.1. The summed E-state index contributed by atoms with van der Waals surface area (Å²) in [5.41, 5.74) is 1.68. The minimum absolute atomic E-state index is 0.0965. The third-order valence-corrected chi connectivity index (χ3v) is 4.98. The highest BCUT2D eigenvalue weighted by Crippen LogP contribution is 2.31. The van der Waals surface area contributed by atoms with Crippen molar-refractivity contribution in [3.05, 3.63) is 57.3 Å². The first-order valence-electron chi connectivity index (χ1n) is 7.77. The van der Waals surface area contributed by atoms with Crippen LogP contribution in [0.5, 0.6) is 0 Å². The number of hydrogen-bond donors (Lipinski definition) is 1. The molecule has 4 nitrogen and oxygen atoms in total. The fraction of sp³-hybridized carbons (Fsp3) is 0.333. The second kappa shape index (κ2) is 6.54. The zero-order valence-electron chi connectivity index (χ0n) is 13.3. The molecule has 1 N–H and O–H groups in total. The Kier molecular flexibility index (Phi) is 4.48. The molecular formula is C18H20N2O2S. The molecule has 1 aromatic carbocycles. The van der Waals surface area contributed by atoms with Crippen LogP contribution in [0.15, 0.2) is 36.4 Å². The van der Waals surface area contributed by atoms with Gasteiger partial charge in [0.05, 0.1) is 4.88 Å². The van der Waals surface area contributed by atoms with Crippen LogP contribution in [0.25, 0.3) is 0 Å². The van der Waals surface area contributed by atoms with Gasteiger partial charge in [-0.2, -0.15) is 0 Å². The number of nitrogens with one attached hydrogen (secondary N) is 1. The predicted octanol–water partition coefficient (Wildman–Crippen LogP) is 3.22. The van der Waals surface area contributed by atoms with E-state index < -0.39 is 0 Å². The van der Waals surface area contributed by atoms with E-state index in [0.717, 1.165) is 28.2 Å². The van der Waals surface area contributed by atoms with Crippen molar-refractivity contribution in [2.45, 2.75) is 32.4 Å². The van der Waals surface area contributed by atoms with Gasteiger partial charge >= 0.3 is 0 Å². The summed E-state index contributed by atoms with van der Waals surface area (Å²) < 4.78 is 0. The molecule has 120 valence electrons. The maximum atomic E-state index is 12.7. The van der Waals surface area contributed by atoms with E-state index in [4.69, 9.17) is 0 Å². The SMILES string of the molecule is CNC(=O)c1ccc(CN(C(=O)c2ccc(C)s2)C2CC2)cc1. The summed E-state index contributed by atoms with van der Waals surface area (Å²) in [6.07, 6.45) is 2.15. The fourth-order valence-corrected chi connectivity index (χ4v) is 3.37. The molecule has 23 heavy (non-hydrogen) atoms. The lowest BCUT2D eigenvalue weighted by Gasteiger charge is -2.22. The summed E-state index contributed by atoms with van der Waals surface area (Å²) in [6.45, 7) is 2.61. The quantitative estimate of drug-likeness (QED) is 0.916. The number of amides is 2. The monoisotopic (exact) mass is 328 g/mol. The summed E-state index contributed by atoms with van der Waals surface area (Å²) in [6, 6.07) is 11.7. The minimum atomic E-state index is -0.0965. The molecule has 1 heterocycles. The number of thiophene rings is 1. The molecule has 5 heteroatoms. The van der Waals surface area contributed by atoms with Crippen LogP contribution in [0, 0.1) is 6.92 Å². The zero-order chi connectivity index (χ0) is 16.4. The van der Waals surface area contributed by atoms with Gasteiger partial charge in [0, 0.05) is 30.1 Å². The van der Waals surface area contributed by atoms with Crippen molar-refractivity contribution < 1.29 is 9.59 Å². The van der Waals surface area contributed by atoms with Crippen molar-refractivity contribution in [3.8, 4) is 0 Å². The van der Waals surface area contributed by atoms with E-state index in [0.29, 0.717) is 18.2 Å². The lowest BCUT2D eigenvalue weighted by molar-refractivity contribution is 0.0734. The molecule has 1 aliphatic rings. The predicted molar refractivity (Wildman–Crippen MR) is 91.8 cm³/mol. The lowest BCUT2D eigenvalue weighted by Crippen LogP contribution is -2.32. The molecule has 2 amide bonds. The maximum Gasteiger partial charge on any atom is 0.264 e. The van der Waals surface area contributed by atoms with Gasteiger partial charge in [0.15, 0.2) is 0 Å². The normalized spacial score (nSPS) is 13.7. The number of benzene rings is 1. The van der Waals surface area contributed by atoms with Crippen LogP contribution >= 0.6 is 11.3 Å². The van der Waals surface area contributed by atoms with Crippen LogP contribution in [0.1, 0.15) is 43.3 Å². The first-order chi connectivity index (χ1) is 11.1. The Labute approximate surface area is 140 Å². The molecular weight excluding hydrogens is 308 g/mol. The highest BCUT2D eigenvalue weighted by molar-refractivity contribution is 7.13. The van der Waals surface area contributed by atoms with Crippen molar-refractivity contribution in [1.82, 2.24) is 10.2 Å². The molecule has 1 fully saturated rings. The van der Waals surface area contributed by atoms with Crippen molar-refractivity contribution >= 4 is 23.2 Å². The zero-order valence-corrected chi connectivity index (χ0v) is 14.2. The smallest absolute Gasteiger partial charge is 0.264 e. The topological polar surface area (TPSA) is 49.4 Å². The molecule has 1 aromatic heterocycles. The van der Waals surface area contributed by atoms with Crippen molar-refractivity contribution in [1.29, 1.82) is 0 Å². The van der Waals surface area contributed by atoms with E-state index in [1.165, 1.54) is 0 Å². The third-order valence-electron chi connectivity index (χ3n) is 4.00. The number of carbonyl (C=O) groups is 2. The molecule has 2 aromatic rings. The first kappa shape index (κ1) is 15.7. The molecule has 0 spiro atoms. The van der Waals surface area contributed by atoms with Gasteiger partial charge in [-0.25, -0.2) is 0 Å². The summed E-state index contributed by atoms with van der Waals surface area (Å²) in [7, 11) is 1.62. The minimum Gasteiger partial charge on any atom is -0.355 e. The van der Waals surface area contributed by atoms with Gasteiger partial charge in [-0.1, -0.05) is 12.1 Å². The third kappa shape index (κ3) is 3.62. The average molecular weight is 328 g/mol. The van der Waals surface area contributed by atoms with Crippen LogP contribution < -0.4 is 5.32 Å². The summed E-state index contributed by atoms with van der Waals surface area (Å²) in [4.78, 5) is 28.2. The van der Waals surface area contributed by atoms with Gasteiger partial charge < -0.3 is 10.2 Å². The van der Waals surface area contributed by atoms with E-state index in [1.807, 2.05) is 36.1 Å². The van der Waals surface area contributed by atoms with Gasteiger partial charge in [-0.3, -0.25) is 9.59 Å². The number of hydrogen-bond acceptors (Lipinski definition) is 3. The Morgan fingerprint density at radius 3 is 2.39 bits per heavy atom. The largest absolute Gasteiger partial charge is 0.355 e. The van der Waals surface area contributed by atoms with Gasteiger partial charge in [0.2, 0.25) is 0 Å². The van der Waals surface area contributed by atoms with E-state index >= 15 is 0 Å². The van der Waals surface area contributed by atoms with E-state index in [-0.39, 0.29) is 11.8 Å². The Balaban J connectivity index is 1.75. The molecule has 0 bridgehead atoms. The number of rotatable bonds is 5. The van der Waals surface area contributed by atoms with E-state index in [9.17, 15) is 9.59 Å². The Bertz CT molecular complexity index is 717. The molecule has 3 rings (SSSR count). The highest BCUT2D eigenvalue weighted by atomic mass is 32.1. The van der Waals surface area contributed by atoms with Gasteiger partial charge in [-0.15, -0.1) is 11.3 Å². The van der Waals surface area contributed by atoms with E-state index in [1.54, 1.807) is 30.5 Å². The van der Waals surface area contributed by atoms with Crippen LogP contribution in [-0.4, -0.2) is 29.8 Å². The first-order valence-corrected chi connectivity index (χ1v) is 8.58. The van der Waals surface area contributed by atoms with Crippen LogP contribution in [0.4, 0.5) is 0 Å². The van der Waals surface area contributed by atoms with Crippen molar-refractivity contribution in [2.75, 3.05) is 7.05 Å². The Morgan fingerprint density at radius 2 is 1.87 bits per heavy atom. The average Bonchev–Trinajstić information content (AvgIpc) is 3.32. The van der Waals surface area contributed by atoms with Gasteiger partial charge in [0.1, 0.15) is 0 Å². The molecule has 0 aliphatic heterocycles. The second-order valence-corrected chi connectivity index (χ2v) is 7.14. The molecule has 0 unspecified atom stereocenters. The summed E-state index contributed by atoms with van der Waals surface area (Å²) in [5.74, 6) is 0.0155. The number of nitrogens with zero attached hydrogens (tertiary/aromatic N) is 1. The highest BCUT2D eigenvalue weighted by Gasteiger charge is 2.33. The Morgan fingerprint density at radius 1 is 1.17 bits per heavy atom. The molecule has 1 saturated carbocycles. The Hall–Kier alpha value is -2.14. The van der Waals surface area contributed by atoms with Gasteiger partial charge in [-0.05, 0) is 49.6 Å². The van der Waals surface area contributed by atoms with Crippen LogP contribution in [-0.2, 0) is 6.54 Å². The molecule has 0 saturated heterocycles. The molecule has 1 aliphatic carbocycles.